The van der Waals surface area contributed by atoms with Crippen LogP contribution < -0.4 is 5.32 Å². The molecule has 0 aromatic heterocycles. The average Bonchev–Trinajstić information content (AvgIpc) is 2.92. The van der Waals surface area contributed by atoms with Crippen LogP contribution in [0.25, 0.3) is 0 Å². The zero-order chi connectivity index (χ0) is 15.5. The molecule has 1 aliphatic rings. The zero-order valence-corrected chi connectivity index (χ0v) is 12.4. The molecule has 0 bridgehead atoms. The molecule has 0 radical (unpaired) electrons. The van der Waals surface area contributed by atoms with Gasteiger partial charge in [0.2, 0.25) is 0 Å². The van der Waals surface area contributed by atoms with E-state index in [2.05, 4.69) is 12.2 Å². The number of hydrogen-bond acceptors (Lipinski definition) is 2. The molecule has 1 aromatic carbocycles. The van der Waals surface area contributed by atoms with Crippen LogP contribution in [0.15, 0.2) is 24.3 Å². The normalized spacial score (nSPS) is 24.2. The highest BCUT2D eigenvalue weighted by Crippen LogP contribution is 2.31. The van der Waals surface area contributed by atoms with Crippen LogP contribution in [0.4, 0.5) is 13.2 Å². The van der Waals surface area contributed by atoms with E-state index in [1.165, 1.54) is 0 Å². The minimum absolute atomic E-state index is 0.231. The summed E-state index contributed by atoms with van der Waals surface area (Å²) in [7, 11) is 1.90. The molecule has 2 rings (SSSR count). The van der Waals surface area contributed by atoms with E-state index < -0.39 is 11.7 Å². The first-order chi connectivity index (χ1) is 9.95. The number of alkyl halides is 3. The van der Waals surface area contributed by atoms with Crippen molar-refractivity contribution in [3.8, 4) is 0 Å². The van der Waals surface area contributed by atoms with Crippen LogP contribution in [0.3, 0.4) is 0 Å². The molecule has 3 atom stereocenters. The third-order valence-electron chi connectivity index (χ3n) is 4.29. The van der Waals surface area contributed by atoms with Gasteiger partial charge in [-0.05, 0) is 44.0 Å². The topological polar surface area (TPSA) is 21.3 Å². The van der Waals surface area contributed by atoms with Crippen molar-refractivity contribution in [2.45, 2.75) is 44.5 Å². The molecule has 118 valence electrons. The summed E-state index contributed by atoms with van der Waals surface area (Å²) in [5, 5.41) is 3.30. The Morgan fingerprint density at radius 1 is 1.29 bits per heavy atom. The smallest absolute Gasteiger partial charge is 0.378 e. The number of hydrogen-bond donors (Lipinski definition) is 1. The molecule has 1 fully saturated rings. The zero-order valence-electron chi connectivity index (χ0n) is 12.4. The molecule has 1 saturated heterocycles. The minimum atomic E-state index is -4.27. The van der Waals surface area contributed by atoms with E-state index >= 15 is 0 Å². The van der Waals surface area contributed by atoms with E-state index in [0.717, 1.165) is 43.6 Å². The summed E-state index contributed by atoms with van der Waals surface area (Å²) in [5.41, 5.74) is 0.326. The Morgan fingerprint density at radius 2 is 1.95 bits per heavy atom. The number of nitrogens with one attached hydrogen (secondary N) is 1. The summed E-state index contributed by atoms with van der Waals surface area (Å²) in [6.45, 7) is 2.88. The lowest BCUT2D eigenvalue weighted by molar-refractivity contribution is -0.137. The Labute approximate surface area is 123 Å². The predicted octanol–water partition coefficient (Wildman–Crippen LogP) is 3.65. The maximum atomic E-state index is 12.6. The Kier molecular flexibility index (Phi) is 5.27. The predicted molar refractivity (Wildman–Crippen MR) is 76.1 cm³/mol. The monoisotopic (exact) mass is 301 g/mol. The minimum Gasteiger partial charge on any atom is -0.378 e. The van der Waals surface area contributed by atoms with Crippen LogP contribution in [-0.2, 0) is 17.3 Å². The fraction of sp³-hybridized carbons (Fsp3) is 0.625. The molecule has 0 amide bonds. The van der Waals surface area contributed by atoms with Crippen molar-refractivity contribution in [3.05, 3.63) is 35.4 Å². The number of likely N-dealkylation sites (N-methyl/N-ethyl adjacent to an activating group) is 1. The van der Waals surface area contributed by atoms with E-state index in [9.17, 15) is 13.2 Å². The molecule has 1 heterocycles. The third-order valence-corrected chi connectivity index (χ3v) is 4.29. The highest BCUT2D eigenvalue weighted by Gasteiger charge is 2.33. The lowest BCUT2D eigenvalue weighted by Crippen LogP contribution is -2.39. The highest BCUT2D eigenvalue weighted by atomic mass is 19.4. The SMILES string of the molecule is CCC1OCCC1C(Cc1ccc(C(F)(F)F)cc1)NC. The first-order valence-corrected chi connectivity index (χ1v) is 7.40. The summed E-state index contributed by atoms with van der Waals surface area (Å²) >= 11 is 0. The second-order valence-corrected chi connectivity index (χ2v) is 5.56. The highest BCUT2D eigenvalue weighted by molar-refractivity contribution is 5.25. The Balaban J connectivity index is 2.05. The molecule has 1 aromatic rings. The van der Waals surface area contributed by atoms with Crippen LogP contribution in [0.5, 0.6) is 0 Å². The fourth-order valence-electron chi connectivity index (χ4n) is 3.10. The van der Waals surface area contributed by atoms with Crippen molar-refractivity contribution >= 4 is 0 Å². The van der Waals surface area contributed by atoms with Crippen LogP contribution in [0.2, 0.25) is 0 Å². The molecule has 0 saturated carbocycles. The summed E-state index contributed by atoms with van der Waals surface area (Å²) in [5.74, 6) is 0.419. The fourth-order valence-corrected chi connectivity index (χ4v) is 3.10. The molecule has 2 nitrogen and oxygen atoms in total. The molecule has 1 N–H and O–H groups in total. The first-order valence-electron chi connectivity index (χ1n) is 7.40. The lowest BCUT2D eigenvalue weighted by Gasteiger charge is -2.27. The van der Waals surface area contributed by atoms with E-state index in [1.807, 2.05) is 7.05 Å². The van der Waals surface area contributed by atoms with Gasteiger partial charge in [-0.15, -0.1) is 0 Å². The maximum absolute atomic E-state index is 12.6. The number of benzene rings is 1. The third kappa shape index (κ3) is 3.98. The summed E-state index contributed by atoms with van der Waals surface area (Å²) < 4.78 is 43.4. The molecular formula is C16H22F3NO. The molecular weight excluding hydrogens is 279 g/mol. The van der Waals surface area contributed by atoms with E-state index in [1.54, 1.807) is 12.1 Å². The van der Waals surface area contributed by atoms with Gasteiger partial charge >= 0.3 is 6.18 Å². The number of rotatable bonds is 5. The second-order valence-electron chi connectivity index (χ2n) is 5.56. The van der Waals surface area contributed by atoms with Gasteiger partial charge in [0.05, 0.1) is 11.7 Å². The summed E-state index contributed by atoms with van der Waals surface area (Å²) in [4.78, 5) is 0. The number of halogens is 3. The van der Waals surface area contributed by atoms with Gasteiger partial charge in [-0.25, -0.2) is 0 Å². The van der Waals surface area contributed by atoms with Crippen molar-refractivity contribution in [1.82, 2.24) is 5.32 Å². The van der Waals surface area contributed by atoms with Crippen molar-refractivity contribution in [1.29, 1.82) is 0 Å². The molecule has 1 aliphatic heterocycles. The van der Waals surface area contributed by atoms with Gasteiger partial charge in [0.15, 0.2) is 0 Å². The largest absolute Gasteiger partial charge is 0.416 e. The lowest BCUT2D eigenvalue weighted by atomic mass is 9.87. The van der Waals surface area contributed by atoms with Crippen molar-refractivity contribution in [2.24, 2.45) is 5.92 Å². The van der Waals surface area contributed by atoms with Gasteiger partial charge in [-0.2, -0.15) is 13.2 Å². The van der Waals surface area contributed by atoms with Crippen LogP contribution in [0, 0.1) is 5.92 Å². The van der Waals surface area contributed by atoms with Crippen LogP contribution in [-0.4, -0.2) is 25.8 Å². The van der Waals surface area contributed by atoms with Gasteiger partial charge < -0.3 is 10.1 Å². The van der Waals surface area contributed by atoms with Crippen molar-refractivity contribution in [3.63, 3.8) is 0 Å². The Morgan fingerprint density at radius 3 is 2.48 bits per heavy atom. The number of ether oxygens (including phenoxy) is 1. The maximum Gasteiger partial charge on any atom is 0.416 e. The van der Waals surface area contributed by atoms with Gasteiger partial charge in [0.1, 0.15) is 0 Å². The van der Waals surface area contributed by atoms with Gasteiger partial charge in [-0.3, -0.25) is 0 Å². The standard InChI is InChI=1S/C16H22F3NO/c1-3-15-13(8-9-21-15)14(20-2)10-11-4-6-12(7-5-11)16(17,18)19/h4-7,13-15,20H,3,8-10H2,1-2H3. The van der Waals surface area contributed by atoms with Crippen molar-refractivity contribution in [2.75, 3.05) is 13.7 Å². The first kappa shape index (κ1) is 16.3. The van der Waals surface area contributed by atoms with Crippen molar-refractivity contribution < 1.29 is 17.9 Å². The van der Waals surface area contributed by atoms with Gasteiger partial charge in [0.25, 0.3) is 0 Å². The average molecular weight is 301 g/mol. The molecule has 0 aliphatic carbocycles. The quantitative estimate of drug-likeness (QED) is 0.896. The summed E-state index contributed by atoms with van der Waals surface area (Å²) in [6.07, 6.45) is -1.33. The Bertz CT molecular complexity index is 444. The molecule has 5 heteroatoms. The van der Waals surface area contributed by atoms with Crippen LogP contribution in [0.1, 0.15) is 30.9 Å². The van der Waals surface area contributed by atoms with Gasteiger partial charge in [0, 0.05) is 18.6 Å². The molecule has 3 unspecified atom stereocenters. The van der Waals surface area contributed by atoms with E-state index in [-0.39, 0.29) is 12.1 Å². The summed E-state index contributed by atoms with van der Waals surface area (Å²) in [6, 6.07) is 5.69. The Hall–Kier alpha value is -1.07. The van der Waals surface area contributed by atoms with Crippen LogP contribution >= 0.6 is 0 Å². The second kappa shape index (κ2) is 6.79. The molecule has 0 spiro atoms. The molecule has 21 heavy (non-hydrogen) atoms. The van der Waals surface area contributed by atoms with E-state index in [0.29, 0.717) is 5.92 Å². The van der Waals surface area contributed by atoms with E-state index in [4.69, 9.17) is 4.74 Å². The van der Waals surface area contributed by atoms with Gasteiger partial charge in [-0.1, -0.05) is 19.1 Å².